The molecule has 1 heterocycles. The van der Waals surface area contributed by atoms with Crippen molar-refractivity contribution in [2.75, 3.05) is 26.2 Å². The predicted octanol–water partition coefficient (Wildman–Crippen LogP) is 2.99. The third-order valence-corrected chi connectivity index (χ3v) is 3.93. The van der Waals surface area contributed by atoms with Crippen molar-refractivity contribution in [3.05, 3.63) is 38.9 Å². The number of nitrogens with one attached hydrogen (secondary N) is 1. The van der Waals surface area contributed by atoms with Crippen molar-refractivity contribution in [3.63, 3.8) is 0 Å². The molecular formula is C14H20ClN3O2. The van der Waals surface area contributed by atoms with E-state index in [9.17, 15) is 10.1 Å². The molecule has 1 saturated heterocycles. The molecule has 1 fully saturated rings. The van der Waals surface area contributed by atoms with Gasteiger partial charge in [0.1, 0.15) is 0 Å². The first-order valence-electron chi connectivity index (χ1n) is 7.02. The topological polar surface area (TPSA) is 58.4 Å². The molecule has 2 rings (SSSR count). The van der Waals surface area contributed by atoms with Crippen LogP contribution in [0.3, 0.4) is 0 Å². The van der Waals surface area contributed by atoms with E-state index in [0.717, 1.165) is 44.6 Å². The molecule has 0 radical (unpaired) electrons. The van der Waals surface area contributed by atoms with E-state index in [1.54, 1.807) is 12.1 Å². The lowest BCUT2D eigenvalue weighted by molar-refractivity contribution is -0.386. The summed E-state index contributed by atoms with van der Waals surface area (Å²) < 4.78 is 0. The lowest BCUT2D eigenvalue weighted by Gasteiger charge is -2.35. The van der Waals surface area contributed by atoms with Gasteiger partial charge in [0.2, 0.25) is 0 Å². The van der Waals surface area contributed by atoms with Gasteiger partial charge in [-0.3, -0.25) is 15.0 Å². The molecule has 1 N–H and O–H groups in total. The SMILES string of the molecule is CCC[C@H](c1cc(Cl)ccc1[N+](=O)[O-])N1CCNCC1. The Morgan fingerprint density at radius 2 is 2.15 bits per heavy atom. The fraction of sp³-hybridized carbons (Fsp3) is 0.571. The normalized spacial score (nSPS) is 17.9. The second-order valence-corrected chi connectivity index (χ2v) is 5.49. The van der Waals surface area contributed by atoms with Crippen molar-refractivity contribution in [2.45, 2.75) is 25.8 Å². The van der Waals surface area contributed by atoms with E-state index >= 15 is 0 Å². The lowest BCUT2D eigenvalue weighted by atomic mass is 9.98. The molecule has 1 atom stereocenters. The molecule has 1 aliphatic heterocycles. The second-order valence-electron chi connectivity index (χ2n) is 5.05. The molecular weight excluding hydrogens is 278 g/mol. The van der Waals surface area contributed by atoms with E-state index in [1.165, 1.54) is 6.07 Å². The van der Waals surface area contributed by atoms with Crippen molar-refractivity contribution in [2.24, 2.45) is 0 Å². The minimum absolute atomic E-state index is 0.0706. The Morgan fingerprint density at radius 1 is 1.45 bits per heavy atom. The van der Waals surface area contributed by atoms with Gasteiger partial charge < -0.3 is 5.32 Å². The first-order chi connectivity index (χ1) is 9.63. The van der Waals surface area contributed by atoms with Gasteiger partial charge in [-0.05, 0) is 18.6 Å². The number of rotatable bonds is 5. The summed E-state index contributed by atoms with van der Waals surface area (Å²) in [5.74, 6) is 0. The minimum Gasteiger partial charge on any atom is -0.314 e. The van der Waals surface area contributed by atoms with E-state index < -0.39 is 0 Å². The third kappa shape index (κ3) is 3.48. The van der Waals surface area contributed by atoms with E-state index in [0.29, 0.717) is 5.02 Å². The zero-order valence-electron chi connectivity index (χ0n) is 11.6. The molecule has 0 unspecified atom stereocenters. The maximum Gasteiger partial charge on any atom is 0.274 e. The van der Waals surface area contributed by atoms with Gasteiger partial charge in [0.25, 0.3) is 5.69 Å². The maximum atomic E-state index is 11.3. The predicted molar refractivity (Wildman–Crippen MR) is 80.2 cm³/mol. The van der Waals surface area contributed by atoms with E-state index in [1.807, 2.05) is 0 Å². The molecule has 0 bridgehead atoms. The summed E-state index contributed by atoms with van der Waals surface area (Å²) in [5.41, 5.74) is 0.914. The molecule has 5 nitrogen and oxygen atoms in total. The van der Waals surface area contributed by atoms with E-state index in [2.05, 4.69) is 17.1 Å². The van der Waals surface area contributed by atoms with Gasteiger partial charge in [0.15, 0.2) is 0 Å². The highest BCUT2D eigenvalue weighted by Crippen LogP contribution is 2.34. The number of nitro groups is 1. The first kappa shape index (κ1) is 15.2. The van der Waals surface area contributed by atoms with Gasteiger partial charge in [-0.25, -0.2) is 0 Å². The largest absolute Gasteiger partial charge is 0.314 e. The third-order valence-electron chi connectivity index (χ3n) is 3.70. The summed E-state index contributed by atoms with van der Waals surface area (Å²) in [6, 6.07) is 4.93. The average Bonchev–Trinajstić information content (AvgIpc) is 2.45. The second kappa shape index (κ2) is 7.02. The lowest BCUT2D eigenvalue weighted by Crippen LogP contribution is -2.45. The molecule has 1 aliphatic rings. The Morgan fingerprint density at radius 3 is 2.75 bits per heavy atom. The number of hydrogen-bond donors (Lipinski definition) is 1. The number of nitrogens with zero attached hydrogens (tertiary/aromatic N) is 2. The number of nitro benzene ring substituents is 1. The number of hydrogen-bond acceptors (Lipinski definition) is 4. The summed E-state index contributed by atoms with van der Waals surface area (Å²) in [5, 5.41) is 15.1. The van der Waals surface area contributed by atoms with Crippen LogP contribution in [0.15, 0.2) is 18.2 Å². The Balaban J connectivity index is 2.36. The molecule has 20 heavy (non-hydrogen) atoms. The van der Waals surface area contributed by atoms with E-state index in [4.69, 9.17) is 11.6 Å². The first-order valence-corrected chi connectivity index (χ1v) is 7.40. The quantitative estimate of drug-likeness (QED) is 0.670. The van der Waals surface area contributed by atoms with Crippen molar-refractivity contribution >= 4 is 17.3 Å². The van der Waals surface area contributed by atoms with Crippen molar-refractivity contribution < 1.29 is 4.92 Å². The number of benzene rings is 1. The highest BCUT2D eigenvalue weighted by molar-refractivity contribution is 6.30. The Hall–Kier alpha value is -1.17. The van der Waals surface area contributed by atoms with Crippen LogP contribution in [0.5, 0.6) is 0 Å². The van der Waals surface area contributed by atoms with Crippen LogP contribution in [0.25, 0.3) is 0 Å². The average molecular weight is 298 g/mol. The maximum absolute atomic E-state index is 11.3. The van der Waals surface area contributed by atoms with Crippen molar-refractivity contribution in [3.8, 4) is 0 Å². The van der Waals surface area contributed by atoms with Crippen LogP contribution >= 0.6 is 11.6 Å². The van der Waals surface area contributed by atoms with Gasteiger partial charge in [0, 0.05) is 48.9 Å². The zero-order valence-corrected chi connectivity index (χ0v) is 12.4. The summed E-state index contributed by atoms with van der Waals surface area (Å²) in [6.07, 6.45) is 1.89. The van der Waals surface area contributed by atoms with Crippen molar-refractivity contribution in [1.82, 2.24) is 10.2 Å². The molecule has 0 amide bonds. The summed E-state index contributed by atoms with van der Waals surface area (Å²) in [7, 11) is 0. The fourth-order valence-electron chi connectivity index (χ4n) is 2.76. The number of halogens is 1. The molecule has 1 aromatic rings. The van der Waals surface area contributed by atoms with Gasteiger partial charge in [-0.1, -0.05) is 24.9 Å². The molecule has 1 aromatic carbocycles. The molecule has 0 aliphatic carbocycles. The van der Waals surface area contributed by atoms with Gasteiger partial charge in [-0.15, -0.1) is 0 Å². The Kier molecular flexibility index (Phi) is 5.34. The standard InChI is InChI=1S/C14H20ClN3O2/c1-2-3-13(17-8-6-16-7-9-17)12-10-11(15)4-5-14(12)18(19)20/h4-5,10,13,16H,2-3,6-9H2,1H3/t13-/m1/s1. The monoisotopic (exact) mass is 297 g/mol. The summed E-state index contributed by atoms with van der Waals surface area (Å²) in [6.45, 7) is 5.78. The van der Waals surface area contributed by atoms with Crippen molar-refractivity contribution in [1.29, 1.82) is 0 Å². The van der Waals surface area contributed by atoms with Crippen LogP contribution in [0.2, 0.25) is 5.02 Å². The smallest absolute Gasteiger partial charge is 0.274 e. The molecule has 6 heteroatoms. The minimum atomic E-state index is -0.309. The van der Waals surface area contributed by atoms with Crippen LogP contribution in [-0.4, -0.2) is 36.0 Å². The Bertz CT molecular complexity index is 475. The van der Waals surface area contributed by atoms with Gasteiger partial charge in [0.05, 0.1) is 4.92 Å². The van der Waals surface area contributed by atoms with Crippen LogP contribution in [0, 0.1) is 10.1 Å². The summed E-state index contributed by atoms with van der Waals surface area (Å²) in [4.78, 5) is 13.3. The van der Waals surface area contributed by atoms with Crippen LogP contribution in [0.1, 0.15) is 31.4 Å². The zero-order chi connectivity index (χ0) is 14.5. The van der Waals surface area contributed by atoms with E-state index in [-0.39, 0.29) is 16.7 Å². The molecule has 0 spiro atoms. The Labute approximate surface area is 124 Å². The van der Waals surface area contributed by atoms with Crippen LogP contribution in [-0.2, 0) is 0 Å². The molecule has 110 valence electrons. The summed E-state index contributed by atoms with van der Waals surface area (Å²) >= 11 is 6.05. The fourth-order valence-corrected chi connectivity index (χ4v) is 2.94. The van der Waals surface area contributed by atoms with Gasteiger partial charge in [-0.2, -0.15) is 0 Å². The highest BCUT2D eigenvalue weighted by atomic mass is 35.5. The van der Waals surface area contributed by atoms with Crippen LogP contribution in [0.4, 0.5) is 5.69 Å². The number of piperazine rings is 1. The molecule has 0 aromatic heterocycles. The van der Waals surface area contributed by atoms with Gasteiger partial charge >= 0.3 is 0 Å². The molecule has 0 saturated carbocycles. The highest BCUT2D eigenvalue weighted by Gasteiger charge is 2.27. The van der Waals surface area contributed by atoms with Crippen LogP contribution < -0.4 is 5.32 Å².